The number of nitrogens with zero attached hydrogens (tertiary/aromatic N) is 5. The van der Waals surface area contributed by atoms with E-state index in [9.17, 15) is 9.59 Å². The molecule has 3 rings (SSSR count). The first kappa shape index (κ1) is 17.7. The Labute approximate surface area is 152 Å². The monoisotopic (exact) mass is 357 g/mol. The largest absolute Gasteiger partial charge is 0.374 e. The fraction of sp³-hybridized carbons (Fsp3) is 0.412. The van der Waals surface area contributed by atoms with Crippen LogP contribution in [0.5, 0.6) is 0 Å². The van der Waals surface area contributed by atoms with Crippen molar-refractivity contribution in [2.45, 2.75) is 19.4 Å². The molecule has 0 atom stereocenters. The van der Waals surface area contributed by atoms with E-state index in [1.54, 1.807) is 14.1 Å². The normalized spacial score (nSPS) is 13.1. The van der Waals surface area contributed by atoms with Gasteiger partial charge in [-0.1, -0.05) is 0 Å². The van der Waals surface area contributed by atoms with Crippen LogP contribution in [0.2, 0.25) is 0 Å². The Hall–Kier alpha value is -3.10. The number of amides is 3. The molecule has 1 aromatic heterocycles. The molecule has 9 nitrogen and oxygen atoms in total. The molecule has 0 aliphatic carbocycles. The highest BCUT2D eigenvalue weighted by atomic mass is 16.2. The minimum Gasteiger partial charge on any atom is -0.374 e. The van der Waals surface area contributed by atoms with Gasteiger partial charge in [-0.05, 0) is 36.6 Å². The molecule has 1 aliphatic heterocycles. The van der Waals surface area contributed by atoms with E-state index in [1.807, 2.05) is 18.2 Å². The van der Waals surface area contributed by atoms with Crippen molar-refractivity contribution >= 4 is 29.1 Å². The smallest absolute Gasteiger partial charge is 0.322 e. The van der Waals surface area contributed by atoms with Gasteiger partial charge in [0, 0.05) is 39.1 Å². The van der Waals surface area contributed by atoms with E-state index in [4.69, 9.17) is 0 Å². The summed E-state index contributed by atoms with van der Waals surface area (Å²) in [4.78, 5) is 28.7. The average Bonchev–Trinajstić information content (AvgIpc) is 3.01. The van der Waals surface area contributed by atoms with E-state index in [2.05, 4.69) is 32.8 Å². The number of urea groups is 1. The summed E-state index contributed by atoms with van der Waals surface area (Å²) in [5, 5.41) is 13.5. The highest BCUT2D eigenvalue weighted by Crippen LogP contribution is 2.28. The zero-order chi connectivity index (χ0) is 18.7. The van der Waals surface area contributed by atoms with Gasteiger partial charge in [-0.25, -0.2) is 4.79 Å². The number of nitrogens with one attached hydrogen (secondary N) is 2. The van der Waals surface area contributed by atoms with Crippen LogP contribution in [0.25, 0.3) is 0 Å². The zero-order valence-electron chi connectivity index (χ0n) is 15.2. The lowest BCUT2D eigenvalue weighted by molar-refractivity contribution is -0.117. The first-order chi connectivity index (χ1) is 12.4. The Balaban J connectivity index is 1.59. The van der Waals surface area contributed by atoms with Crippen molar-refractivity contribution in [3.63, 3.8) is 0 Å². The minimum atomic E-state index is -0.305. The molecule has 138 valence electrons. The maximum absolute atomic E-state index is 12.2. The molecule has 2 aromatic rings. The van der Waals surface area contributed by atoms with Crippen LogP contribution in [0, 0.1) is 0 Å². The van der Waals surface area contributed by atoms with Crippen molar-refractivity contribution in [1.82, 2.24) is 19.9 Å². The van der Waals surface area contributed by atoms with E-state index in [-0.39, 0.29) is 18.5 Å². The number of aromatic nitrogens is 3. The fourth-order valence-electron chi connectivity index (χ4n) is 2.84. The van der Waals surface area contributed by atoms with Crippen LogP contribution in [0.1, 0.15) is 12.0 Å². The Morgan fingerprint density at radius 3 is 2.85 bits per heavy atom. The van der Waals surface area contributed by atoms with Crippen LogP contribution in [0.15, 0.2) is 24.4 Å². The quantitative estimate of drug-likeness (QED) is 0.862. The number of hydrogen-bond acceptors (Lipinski definition) is 5. The number of rotatable bonds is 4. The first-order valence-electron chi connectivity index (χ1n) is 8.45. The highest BCUT2D eigenvalue weighted by Gasteiger charge is 2.15. The van der Waals surface area contributed by atoms with Gasteiger partial charge in [0.05, 0.1) is 6.20 Å². The predicted molar refractivity (Wildman–Crippen MR) is 99.4 cm³/mol. The van der Waals surface area contributed by atoms with E-state index in [0.717, 1.165) is 25.1 Å². The maximum Gasteiger partial charge on any atom is 0.322 e. The Kier molecular flexibility index (Phi) is 5.06. The number of carbonyl (C=O) groups is 2. The predicted octanol–water partition coefficient (Wildman–Crippen LogP) is 1.39. The number of benzene rings is 1. The maximum atomic E-state index is 12.2. The molecule has 0 saturated heterocycles. The van der Waals surface area contributed by atoms with Crippen molar-refractivity contribution in [3.05, 3.63) is 30.0 Å². The van der Waals surface area contributed by atoms with Crippen LogP contribution >= 0.6 is 0 Å². The summed E-state index contributed by atoms with van der Waals surface area (Å²) in [7, 11) is 5.33. The minimum absolute atomic E-state index is 0.0329. The standard InChI is InChI=1S/C17H23N7O2/c1-22(2)17(26)20-15-10-18-24(21-15)11-16(25)19-13-6-7-14-12(9-13)5-4-8-23(14)3/h6-7,9-10H,4-5,8,11H2,1-3H3,(H,19,25)(H,20,21,26). The molecule has 1 aliphatic rings. The Bertz CT molecular complexity index is 815. The number of anilines is 3. The molecule has 0 radical (unpaired) electrons. The van der Waals surface area contributed by atoms with Gasteiger partial charge in [0.25, 0.3) is 0 Å². The second kappa shape index (κ2) is 7.42. The number of carbonyl (C=O) groups excluding carboxylic acids is 2. The molecule has 2 heterocycles. The van der Waals surface area contributed by atoms with Crippen molar-refractivity contribution in [1.29, 1.82) is 0 Å². The number of hydrogen-bond donors (Lipinski definition) is 2. The van der Waals surface area contributed by atoms with Crippen LogP contribution in [-0.4, -0.2) is 59.5 Å². The molecule has 0 saturated carbocycles. The molecule has 0 fully saturated rings. The molecule has 2 N–H and O–H groups in total. The van der Waals surface area contributed by atoms with E-state index in [0.29, 0.717) is 5.82 Å². The number of aryl methyl sites for hydroxylation is 1. The van der Waals surface area contributed by atoms with Gasteiger partial charge in [-0.2, -0.15) is 9.90 Å². The van der Waals surface area contributed by atoms with Gasteiger partial charge in [-0.3, -0.25) is 10.1 Å². The highest BCUT2D eigenvalue weighted by molar-refractivity contribution is 5.91. The van der Waals surface area contributed by atoms with Gasteiger partial charge < -0.3 is 15.1 Å². The van der Waals surface area contributed by atoms with Crippen LogP contribution in [0.4, 0.5) is 22.0 Å². The lowest BCUT2D eigenvalue weighted by atomic mass is 10.0. The van der Waals surface area contributed by atoms with Crippen molar-refractivity contribution in [2.24, 2.45) is 0 Å². The summed E-state index contributed by atoms with van der Waals surface area (Å²) >= 11 is 0. The molecular weight excluding hydrogens is 334 g/mol. The first-order valence-corrected chi connectivity index (χ1v) is 8.45. The molecule has 1 aromatic carbocycles. The average molecular weight is 357 g/mol. The third-order valence-electron chi connectivity index (χ3n) is 4.18. The van der Waals surface area contributed by atoms with Crippen LogP contribution < -0.4 is 15.5 Å². The fourth-order valence-corrected chi connectivity index (χ4v) is 2.84. The second-order valence-electron chi connectivity index (χ2n) is 6.50. The molecule has 0 bridgehead atoms. The zero-order valence-corrected chi connectivity index (χ0v) is 15.2. The van der Waals surface area contributed by atoms with Gasteiger partial charge in [0.2, 0.25) is 5.91 Å². The van der Waals surface area contributed by atoms with Gasteiger partial charge >= 0.3 is 6.03 Å². The topological polar surface area (TPSA) is 95.4 Å². The van der Waals surface area contributed by atoms with Crippen molar-refractivity contribution in [2.75, 3.05) is 43.2 Å². The summed E-state index contributed by atoms with van der Waals surface area (Å²) in [6, 6.07) is 5.64. The van der Waals surface area contributed by atoms with E-state index < -0.39 is 0 Å². The van der Waals surface area contributed by atoms with Gasteiger partial charge in [0.15, 0.2) is 5.82 Å². The lowest BCUT2D eigenvalue weighted by Gasteiger charge is -2.27. The third kappa shape index (κ3) is 4.11. The summed E-state index contributed by atoms with van der Waals surface area (Å²) in [5.41, 5.74) is 3.21. The Morgan fingerprint density at radius 2 is 2.08 bits per heavy atom. The van der Waals surface area contributed by atoms with Crippen LogP contribution in [0.3, 0.4) is 0 Å². The molecule has 9 heteroatoms. The number of fused-ring (bicyclic) bond motifs is 1. The molecular formula is C17H23N7O2. The summed E-state index contributed by atoms with van der Waals surface area (Å²) in [6.45, 7) is 1.02. The summed E-state index contributed by atoms with van der Waals surface area (Å²) in [5.74, 6) is 0.0727. The van der Waals surface area contributed by atoms with Gasteiger partial charge in [-0.15, -0.1) is 5.10 Å². The van der Waals surface area contributed by atoms with Crippen molar-refractivity contribution in [3.8, 4) is 0 Å². The van der Waals surface area contributed by atoms with E-state index >= 15 is 0 Å². The van der Waals surface area contributed by atoms with Crippen molar-refractivity contribution < 1.29 is 9.59 Å². The second-order valence-corrected chi connectivity index (χ2v) is 6.50. The molecule has 0 unspecified atom stereocenters. The third-order valence-corrected chi connectivity index (χ3v) is 4.18. The molecule has 3 amide bonds. The lowest BCUT2D eigenvalue weighted by Crippen LogP contribution is -2.27. The van der Waals surface area contributed by atoms with Crippen LogP contribution in [-0.2, 0) is 17.8 Å². The molecule has 0 spiro atoms. The molecule has 26 heavy (non-hydrogen) atoms. The SMILES string of the molecule is CN(C)C(=O)Nc1cnn(CC(=O)Nc2ccc3c(c2)CCCN3C)n1. The van der Waals surface area contributed by atoms with E-state index in [1.165, 1.54) is 27.1 Å². The summed E-state index contributed by atoms with van der Waals surface area (Å²) in [6.07, 6.45) is 3.53. The van der Waals surface area contributed by atoms with Gasteiger partial charge in [0.1, 0.15) is 6.54 Å². The summed E-state index contributed by atoms with van der Waals surface area (Å²) < 4.78 is 0. The Morgan fingerprint density at radius 1 is 1.27 bits per heavy atom.